The summed E-state index contributed by atoms with van der Waals surface area (Å²) in [4.78, 5) is 0.746. The molecule has 0 radical (unpaired) electrons. The average Bonchev–Trinajstić information content (AvgIpc) is 3.18. The number of hydrogen-bond acceptors (Lipinski definition) is 7. The summed E-state index contributed by atoms with van der Waals surface area (Å²) in [6.45, 7) is 5.21. The standard InChI is InChI=1S/C17H19NO6S2/c1-9-6-11-12(23-8-22-11)7-13(9)26(20,21)18-14-15-10(4-5-25-15)24-17(2,3)16(14)19/h4-7,14,16,18-19H,8H2,1-3H3/t14-,16+/m0/s1. The lowest BCUT2D eigenvalue weighted by Crippen LogP contribution is -2.53. The molecule has 2 N–H and O–H groups in total. The van der Waals surface area contributed by atoms with Crippen molar-refractivity contribution in [2.45, 2.75) is 43.4 Å². The van der Waals surface area contributed by atoms with Crippen LogP contribution in [0.3, 0.4) is 0 Å². The summed E-state index contributed by atoms with van der Waals surface area (Å²) in [5.74, 6) is 1.50. The highest BCUT2D eigenvalue weighted by Gasteiger charge is 2.45. The van der Waals surface area contributed by atoms with E-state index in [1.807, 2.05) is 5.38 Å². The summed E-state index contributed by atoms with van der Waals surface area (Å²) in [7, 11) is -3.91. The van der Waals surface area contributed by atoms with Crippen LogP contribution in [0, 0.1) is 6.92 Å². The van der Waals surface area contributed by atoms with Gasteiger partial charge in [-0.25, -0.2) is 8.42 Å². The van der Waals surface area contributed by atoms with Crippen molar-refractivity contribution in [3.05, 3.63) is 34.0 Å². The molecule has 7 nitrogen and oxygen atoms in total. The van der Waals surface area contributed by atoms with Gasteiger partial charge in [-0.05, 0) is 43.8 Å². The summed E-state index contributed by atoms with van der Waals surface area (Å²) in [6, 6.07) is 4.06. The zero-order valence-electron chi connectivity index (χ0n) is 14.5. The molecule has 0 saturated carbocycles. The molecule has 2 aliphatic rings. The van der Waals surface area contributed by atoms with Gasteiger partial charge in [0.2, 0.25) is 16.8 Å². The Balaban J connectivity index is 1.73. The first-order chi connectivity index (χ1) is 12.2. The minimum Gasteiger partial charge on any atom is -0.484 e. The number of benzene rings is 1. The average molecular weight is 397 g/mol. The molecule has 0 bridgehead atoms. The van der Waals surface area contributed by atoms with Crippen molar-refractivity contribution in [2.24, 2.45) is 0 Å². The van der Waals surface area contributed by atoms with E-state index in [-0.39, 0.29) is 11.7 Å². The highest BCUT2D eigenvalue weighted by atomic mass is 32.2. The Kier molecular flexibility index (Phi) is 3.96. The predicted octanol–water partition coefficient (Wildman–Crippen LogP) is 2.34. The number of nitrogens with one attached hydrogen (secondary N) is 1. The van der Waals surface area contributed by atoms with E-state index >= 15 is 0 Å². The minimum atomic E-state index is -3.91. The van der Waals surface area contributed by atoms with Gasteiger partial charge in [0, 0.05) is 6.07 Å². The lowest BCUT2D eigenvalue weighted by Gasteiger charge is -2.40. The van der Waals surface area contributed by atoms with Crippen molar-refractivity contribution in [3.63, 3.8) is 0 Å². The number of hydrogen-bond donors (Lipinski definition) is 2. The number of aryl methyl sites for hydroxylation is 1. The third-order valence-corrected chi connectivity index (χ3v) is 7.15. The van der Waals surface area contributed by atoms with E-state index in [0.717, 1.165) is 0 Å². The lowest BCUT2D eigenvalue weighted by molar-refractivity contribution is -0.0587. The fourth-order valence-electron chi connectivity index (χ4n) is 3.17. The molecule has 0 spiro atoms. The van der Waals surface area contributed by atoms with Gasteiger partial charge in [0.25, 0.3) is 0 Å². The van der Waals surface area contributed by atoms with Crippen molar-refractivity contribution in [3.8, 4) is 17.2 Å². The minimum absolute atomic E-state index is 0.0666. The van der Waals surface area contributed by atoms with Gasteiger partial charge in [0.05, 0.1) is 15.8 Å². The molecule has 0 aliphatic carbocycles. The number of ether oxygens (including phenoxy) is 3. The summed E-state index contributed by atoms with van der Waals surface area (Å²) < 4.78 is 45.1. The van der Waals surface area contributed by atoms with Crippen LogP contribution in [-0.2, 0) is 10.0 Å². The van der Waals surface area contributed by atoms with E-state index in [1.165, 1.54) is 17.4 Å². The molecule has 2 atom stereocenters. The largest absolute Gasteiger partial charge is 0.484 e. The van der Waals surface area contributed by atoms with Crippen LogP contribution < -0.4 is 18.9 Å². The highest BCUT2D eigenvalue weighted by molar-refractivity contribution is 7.89. The van der Waals surface area contributed by atoms with Crippen LogP contribution in [-0.4, -0.2) is 32.0 Å². The number of rotatable bonds is 3. The zero-order chi connectivity index (χ0) is 18.7. The molecular weight excluding hydrogens is 378 g/mol. The van der Waals surface area contributed by atoms with Crippen LogP contribution in [0.1, 0.15) is 30.3 Å². The van der Waals surface area contributed by atoms with E-state index in [2.05, 4.69) is 4.72 Å². The van der Waals surface area contributed by atoms with E-state index in [4.69, 9.17) is 14.2 Å². The Labute approximate surface area is 155 Å². The predicted molar refractivity (Wildman–Crippen MR) is 95.4 cm³/mol. The first-order valence-electron chi connectivity index (χ1n) is 8.06. The molecule has 0 saturated heterocycles. The molecule has 1 aromatic heterocycles. The molecule has 2 aliphatic heterocycles. The topological polar surface area (TPSA) is 94.1 Å². The molecular formula is C17H19NO6S2. The second-order valence-corrected chi connectivity index (χ2v) is 9.50. The Morgan fingerprint density at radius 2 is 1.92 bits per heavy atom. The summed E-state index contributed by atoms with van der Waals surface area (Å²) in [5, 5.41) is 12.5. The van der Waals surface area contributed by atoms with Crippen LogP contribution >= 0.6 is 11.3 Å². The lowest BCUT2D eigenvalue weighted by atomic mass is 9.91. The van der Waals surface area contributed by atoms with Crippen molar-refractivity contribution >= 4 is 21.4 Å². The Morgan fingerprint density at radius 3 is 2.65 bits per heavy atom. The maximum absolute atomic E-state index is 13.1. The number of aliphatic hydroxyl groups is 1. The van der Waals surface area contributed by atoms with Crippen LogP contribution in [0.4, 0.5) is 0 Å². The van der Waals surface area contributed by atoms with E-state index < -0.39 is 27.8 Å². The Morgan fingerprint density at radius 1 is 1.23 bits per heavy atom. The van der Waals surface area contributed by atoms with Gasteiger partial charge in [-0.15, -0.1) is 11.3 Å². The summed E-state index contributed by atoms with van der Waals surface area (Å²) in [6.07, 6.45) is -1.04. The highest BCUT2D eigenvalue weighted by Crippen LogP contribution is 2.44. The number of thiophene rings is 1. The third-order valence-electron chi connectivity index (χ3n) is 4.58. The van der Waals surface area contributed by atoms with Crippen LogP contribution in [0.2, 0.25) is 0 Å². The molecule has 26 heavy (non-hydrogen) atoms. The first kappa shape index (κ1) is 17.6. The normalized spacial score (nSPS) is 23.4. The summed E-state index contributed by atoms with van der Waals surface area (Å²) in [5.41, 5.74) is -0.389. The molecule has 3 heterocycles. The maximum Gasteiger partial charge on any atom is 0.241 e. The van der Waals surface area contributed by atoms with Crippen molar-refractivity contribution in [1.82, 2.24) is 4.72 Å². The molecule has 2 aromatic rings. The van der Waals surface area contributed by atoms with Crippen LogP contribution in [0.5, 0.6) is 17.2 Å². The second-order valence-electron chi connectivity index (χ2n) is 6.87. The van der Waals surface area contributed by atoms with Crippen LogP contribution in [0.15, 0.2) is 28.5 Å². The molecule has 1 aromatic carbocycles. The second kappa shape index (κ2) is 5.85. The number of aliphatic hydroxyl groups excluding tert-OH is 1. The van der Waals surface area contributed by atoms with E-state index in [9.17, 15) is 13.5 Å². The van der Waals surface area contributed by atoms with Gasteiger partial charge >= 0.3 is 0 Å². The molecule has 0 fully saturated rings. The molecule has 0 unspecified atom stereocenters. The van der Waals surface area contributed by atoms with Crippen molar-refractivity contribution in [2.75, 3.05) is 6.79 Å². The fraction of sp³-hybridized carbons (Fsp3) is 0.412. The smallest absolute Gasteiger partial charge is 0.241 e. The zero-order valence-corrected chi connectivity index (χ0v) is 16.1. The van der Waals surface area contributed by atoms with Gasteiger partial charge in [-0.2, -0.15) is 4.72 Å². The fourth-order valence-corrected chi connectivity index (χ4v) is 5.60. The third kappa shape index (κ3) is 2.75. The first-order valence-corrected chi connectivity index (χ1v) is 10.4. The molecule has 0 amide bonds. The Hall–Kier alpha value is -1.81. The quantitative estimate of drug-likeness (QED) is 0.826. The van der Waals surface area contributed by atoms with Crippen molar-refractivity contribution < 1.29 is 27.7 Å². The maximum atomic E-state index is 13.1. The number of fused-ring (bicyclic) bond motifs is 2. The monoisotopic (exact) mass is 397 g/mol. The molecule has 4 rings (SSSR count). The van der Waals surface area contributed by atoms with Gasteiger partial charge in [0.1, 0.15) is 17.5 Å². The summed E-state index contributed by atoms with van der Waals surface area (Å²) >= 11 is 1.34. The SMILES string of the molecule is Cc1cc2c(cc1S(=O)(=O)N[C@H]1c3sccc3OC(C)(C)[C@@H]1O)OCO2. The molecule has 140 valence electrons. The van der Waals surface area contributed by atoms with Gasteiger partial charge in [-0.3, -0.25) is 0 Å². The van der Waals surface area contributed by atoms with E-state index in [1.54, 1.807) is 32.9 Å². The number of sulfonamides is 1. The Bertz CT molecular complexity index is 966. The van der Waals surface area contributed by atoms with Gasteiger partial charge in [0.15, 0.2) is 11.5 Å². The molecule has 9 heteroatoms. The van der Waals surface area contributed by atoms with Crippen LogP contribution in [0.25, 0.3) is 0 Å². The van der Waals surface area contributed by atoms with E-state index in [0.29, 0.717) is 27.7 Å². The van der Waals surface area contributed by atoms with Crippen molar-refractivity contribution in [1.29, 1.82) is 0 Å². The van der Waals surface area contributed by atoms with Gasteiger partial charge in [-0.1, -0.05) is 0 Å². The van der Waals surface area contributed by atoms with Gasteiger partial charge < -0.3 is 19.3 Å².